The van der Waals surface area contributed by atoms with Crippen molar-refractivity contribution in [1.29, 1.82) is 15.8 Å². The van der Waals surface area contributed by atoms with Gasteiger partial charge in [0.2, 0.25) is 10.0 Å². The van der Waals surface area contributed by atoms with E-state index in [1.54, 1.807) is 18.2 Å². The van der Waals surface area contributed by atoms with E-state index in [0.717, 1.165) is 5.56 Å². The highest BCUT2D eigenvalue weighted by Gasteiger charge is 2.20. The van der Waals surface area contributed by atoms with Crippen LogP contribution in [0.5, 0.6) is 0 Å². The summed E-state index contributed by atoms with van der Waals surface area (Å²) < 4.78 is 26.6. The van der Waals surface area contributed by atoms with Crippen LogP contribution in [0.15, 0.2) is 70.8 Å². The van der Waals surface area contributed by atoms with Gasteiger partial charge < -0.3 is 5.32 Å². The highest BCUT2D eigenvalue weighted by Crippen LogP contribution is 2.20. The molecular weight excluding hydrogens is 362 g/mol. The Morgan fingerprint density at radius 2 is 1.56 bits per heavy atom. The predicted molar refractivity (Wildman–Crippen MR) is 99.0 cm³/mol. The van der Waals surface area contributed by atoms with Crippen molar-refractivity contribution in [2.24, 2.45) is 0 Å². The van der Waals surface area contributed by atoms with Gasteiger partial charge in [-0.2, -0.15) is 20.1 Å². The van der Waals surface area contributed by atoms with E-state index in [-0.39, 0.29) is 22.7 Å². The summed E-state index contributed by atoms with van der Waals surface area (Å²) in [6, 6.07) is 19.9. The van der Waals surface area contributed by atoms with Gasteiger partial charge in [0.05, 0.1) is 4.90 Å². The third kappa shape index (κ3) is 4.71. The van der Waals surface area contributed by atoms with Crippen molar-refractivity contribution in [3.05, 3.63) is 71.4 Å². The van der Waals surface area contributed by atoms with Crippen molar-refractivity contribution < 1.29 is 8.42 Å². The Bertz CT molecular complexity index is 1050. The van der Waals surface area contributed by atoms with Crippen LogP contribution in [-0.2, 0) is 16.6 Å². The summed E-state index contributed by atoms with van der Waals surface area (Å²) in [4.78, 5) is 0.0924. The quantitative estimate of drug-likeness (QED) is 0.773. The molecule has 0 fully saturated rings. The largest absolute Gasteiger partial charge is 0.345 e. The molecule has 0 radical (unpaired) electrons. The second kappa shape index (κ2) is 8.64. The van der Waals surface area contributed by atoms with Crippen molar-refractivity contribution in [3.8, 4) is 18.2 Å². The second-order valence-corrected chi connectivity index (χ2v) is 7.53. The molecule has 0 aliphatic heterocycles. The number of benzene rings is 2. The smallest absolute Gasteiger partial charge is 0.243 e. The van der Waals surface area contributed by atoms with E-state index >= 15 is 0 Å². The van der Waals surface area contributed by atoms with Gasteiger partial charge in [-0.15, -0.1) is 0 Å². The first kappa shape index (κ1) is 19.7. The van der Waals surface area contributed by atoms with Crippen molar-refractivity contribution in [2.75, 3.05) is 12.4 Å². The van der Waals surface area contributed by atoms with Crippen molar-refractivity contribution in [1.82, 2.24) is 4.31 Å². The number of sulfonamides is 1. The van der Waals surface area contributed by atoms with Gasteiger partial charge in [0.1, 0.15) is 23.9 Å². The molecule has 8 heteroatoms. The number of rotatable bonds is 6. The highest BCUT2D eigenvalue weighted by atomic mass is 32.2. The molecule has 0 heterocycles. The van der Waals surface area contributed by atoms with Crippen LogP contribution in [0.3, 0.4) is 0 Å². The fraction of sp³-hybridized carbons (Fsp3) is 0.105. The minimum atomic E-state index is -3.69. The molecule has 1 N–H and O–H groups in total. The molecule has 0 saturated heterocycles. The van der Waals surface area contributed by atoms with Gasteiger partial charge in [0, 0.05) is 19.3 Å². The summed E-state index contributed by atoms with van der Waals surface area (Å²) in [7, 11) is -2.19. The van der Waals surface area contributed by atoms with Crippen molar-refractivity contribution in [3.63, 3.8) is 0 Å². The zero-order valence-electron chi connectivity index (χ0n) is 14.4. The molecule has 0 bridgehead atoms. The molecule has 134 valence electrons. The number of allylic oxidation sites excluding steroid dienone is 2. The first-order chi connectivity index (χ1) is 12.9. The summed E-state index contributed by atoms with van der Waals surface area (Å²) in [6.07, 6.45) is 0. The van der Waals surface area contributed by atoms with Crippen LogP contribution in [0.1, 0.15) is 5.56 Å². The molecule has 2 aromatic rings. The Labute approximate surface area is 158 Å². The normalized spacial score (nSPS) is 10.3. The third-order valence-corrected chi connectivity index (χ3v) is 5.48. The van der Waals surface area contributed by atoms with Gasteiger partial charge in [-0.05, 0) is 29.8 Å². The van der Waals surface area contributed by atoms with Crippen LogP contribution in [0.2, 0.25) is 0 Å². The Balaban J connectivity index is 2.21. The Morgan fingerprint density at radius 3 is 2.07 bits per heavy atom. The van der Waals surface area contributed by atoms with E-state index in [1.165, 1.54) is 35.6 Å². The van der Waals surface area contributed by atoms with Gasteiger partial charge >= 0.3 is 0 Å². The Kier molecular flexibility index (Phi) is 6.30. The van der Waals surface area contributed by atoms with Gasteiger partial charge in [-0.25, -0.2) is 8.42 Å². The minimum Gasteiger partial charge on any atom is -0.345 e. The summed E-state index contributed by atoms with van der Waals surface area (Å²) in [5.41, 5.74) is 0.707. The maximum Gasteiger partial charge on any atom is 0.243 e. The molecule has 0 aromatic heterocycles. The van der Waals surface area contributed by atoms with Gasteiger partial charge in [-0.1, -0.05) is 30.3 Å². The van der Waals surface area contributed by atoms with Crippen LogP contribution in [0, 0.1) is 34.0 Å². The lowest BCUT2D eigenvalue weighted by atomic mass is 10.2. The van der Waals surface area contributed by atoms with Gasteiger partial charge in [0.15, 0.2) is 5.57 Å². The molecule has 0 amide bonds. The molecule has 2 aromatic carbocycles. The number of nitrogens with zero attached hydrogens (tertiary/aromatic N) is 4. The second-order valence-electron chi connectivity index (χ2n) is 5.48. The molecule has 7 nitrogen and oxygen atoms in total. The number of hydrogen-bond donors (Lipinski definition) is 1. The zero-order chi connectivity index (χ0) is 19.9. The number of anilines is 1. The average Bonchev–Trinajstić information content (AvgIpc) is 2.69. The molecule has 27 heavy (non-hydrogen) atoms. The molecular formula is C19H15N5O2S. The monoisotopic (exact) mass is 377 g/mol. The standard InChI is InChI=1S/C19H15N5O2S/c1-24(14-15-5-3-2-4-6-15)27(25,26)18-9-7-17(8-10-18)23-19(13-22)16(11-20)12-21/h2-10,23H,14H2,1H3. The summed E-state index contributed by atoms with van der Waals surface area (Å²) in [5.74, 6) is 0. The van der Waals surface area contributed by atoms with Crippen LogP contribution in [0.25, 0.3) is 0 Å². The average molecular weight is 377 g/mol. The number of hydrogen-bond acceptors (Lipinski definition) is 6. The van der Waals surface area contributed by atoms with Gasteiger partial charge in [-0.3, -0.25) is 0 Å². The summed E-state index contributed by atoms with van der Waals surface area (Å²) in [6.45, 7) is 0.234. The Morgan fingerprint density at radius 1 is 0.963 bits per heavy atom. The lowest BCUT2D eigenvalue weighted by Crippen LogP contribution is -2.26. The van der Waals surface area contributed by atoms with Crippen LogP contribution in [-0.4, -0.2) is 19.8 Å². The third-order valence-electron chi connectivity index (χ3n) is 3.67. The summed E-state index contributed by atoms with van der Waals surface area (Å²) >= 11 is 0. The SMILES string of the molecule is CN(Cc1ccccc1)S(=O)(=O)c1ccc(NC(C#N)=C(C#N)C#N)cc1. The van der Waals surface area contributed by atoms with E-state index < -0.39 is 10.0 Å². The molecule has 0 aliphatic rings. The number of nitrogens with one attached hydrogen (secondary N) is 1. The fourth-order valence-corrected chi connectivity index (χ4v) is 3.40. The van der Waals surface area contributed by atoms with Crippen molar-refractivity contribution >= 4 is 15.7 Å². The topological polar surface area (TPSA) is 121 Å². The van der Waals surface area contributed by atoms with Crippen LogP contribution < -0.4 is 5.32 Å². The maximum atomic E-state index is 12.7. The predicted octanol–water partition coefficient (Wildman–Crippen LogP) is 2.74. The zero-order valence-corrected chi connectivity index (χ0v) is 15.2. The molecule has 0 unspecified atom stereocenters. The molecule has 0 atom stereocenters. The summed E-state index contributed by atoms with van der Waals surface area (Å²) in [5, 5.41) is 29.3. The first-order valence-electron chi connectivity index (χ1n) is 7.74. The lowest BCUT2D eigenvalue weighted by Gasteiger charge is -2.17. The van der Waals surface area contributed by atoms with Crippen LogP contribution >= 0.6 is 0 Å². The molecule has 0 saturated carbocycles. The molecule has 2 rings (SSSR count). The fourth-order valence-electron chi connectivity index (χ4n) is 2.24. The maximum absolute atomic E-state index is 12.7. The van der Waals surface area contributed by atoms with Crippen molar-refractivity contribution in [2.45, 2.75) is 11.4 Å². The van der Waals surface area contributed by atoms with E-state index in [2.05, 4.69) is 5.32 Å². The van der Waals surface area contributed by atoms with E-state index in [9.17, 15) is 8.42 Å². The minimum absolute atomic E-state index is 0.0924. The first-order valence-corrected chi connectivity index (χ1v) is 9.18. The van der Waals surface area contributed by atoms with E-state index in [4.69, 9.17) is 15.8 Å². The number of nitriles is 3. The van der Waals surface area contributed by atoms with Crippen LogP contribution in [0.4, 0.5) is 5.69 Å². The van der Waals surface area contributed by atoms with Gasteiger partial charge in [0.25, 0.3) is 0 Å². The Hall–Kier alpha value is -3.64. The molecule has 0 spiro atoms. The lowest BCUT2D eigenvalue weighted by molar-refractivity contribution is 0.467. The van der Waals surface area contributed by atoms with E-state index in [1.807, 2.05) is 30.3 Å². The van der Waals surface area contributed by atoms with E-state index in [0.29, 0.717) is 5.69 Å². The molecule has 0 aliphatic carbocycles. The highest BCUT2D eigenvalue weighted by molar-refractivity contribution is 7.89.